The SMILES string of the molecule is CNc1ccc2c(c1)N(CCCN1CCC(C(=O)O)CC1)c1ccccc1CC2. The summed E-state index contributed by atoms with van der Waals surface area (Å²) in [4.78, 5) is 16.1. The van der Waals surface area contributed by atoms with Crippen LogP contribution < -0.4 is 10.2 Å². The van der Waals surface area contributed by atoms with Crippen LogP contribution in [-0.4, -0.2) is 49.2 Å². The van der Waals surface area contributed by atoms with Crippen molar-refractivity contribution in [3.05, 3.63) is 53.6 Å². The lowest BCUT2D eigenvalue weighted by atomic mass is 9.97. The maximum absolute atomic E-state index is 11.2. The Morgan fingerprint density at radius 1 is 1.03 bits per heavy atom. The summed E-state index contributed by atoms with van der Waals surface area (Å²) < 4.78 is 0. The quantitative estimate of drug-likeness (QED) is 0.772. The molecule has 2 aromatic rings. The van der Waals surface area contributed by atoms with Gasteiger partial charge in [-0.3, -0.25) is 4.79 Å². The van der Waals surface area contributed by atoms with Gasteiger partial charge in [0.25, 0.3) is 0 Å². The standard InChI is InChI=1S/C24H31N3O2/c1-25-21-10-9-19-8-7-18-5-2-3-6-22(18)27(23(19)17-21)14-4-13-26-15-11-20(12-16-26)24(28)29/h2-3,5-6,9-10,17,20,25H,4,7-8,11-16H2,1H3,(H,28,29). The van der Waals surface area contributed by atoms with Gasteiger partial charge in [-0.05, 0) is 81.1 Å². The van der Waals surface area contributed by atoms with E-state index in [9.17, 15) is 9.90 Å². The van der Waals surface area contributed by atoms with Crippen molar-refractivity contribution in [2.75, 3.05) is 43.4 Å². The third-order valence-corrected chi connectivity index (χ3v) is 6.40. The maximum atomic E-state index is 11.2. The smallest absolute Gasteiger partial charge is 0.306 e. The molecule has 2 aromatic carbocycles. The number of carboxylic acids is 1. The van der Waals surface area contributed by atoms with E-state index < -0.39 is 5.97 Å². The van der Waals surface area contributed by atoms with E-state index in [1.807, 2.05) is 7.05 Å². The van der Waals surface area contributed by atoms with Crippen molar-refractivity contribution < 1.29 is 9.90 Å². The molecule has 0 aromatic heterocycles. The lowest BCUT2D eigenvalue weighted by Crippen LogP contribution is -2.37. The second kappa shape index (κ2) is 8.87. The number of aliphatic carboxylic acids is 1. The predicted octanol–water partition coefficient (Wildman–Crippen LogP) is 4.15. The molecule has 0 radical (unpaired) electrons. The van der Waals surface area contributed by atoms with E-state index in [4.69, 9.17) is 0 Å². The number of hydrogen-bond donors (Lipinski definition) is 2. The van der Waals surface area contributed by atoms with Crippen molar-refractivity contribution in [3.63, 3.8) is 0 Å². The zero-order chi connectivity index (χ0) is 20.2. The molecule has 5 heteroatoms. The number of benzene rings is 2. The van der Waals surface area contributed by atoms with Crippen LogP contribution in [0.25, 0.3) is 0 Å². The molecule has 0 bridgehead atoms. The summed E-state index contributed by atoms with van der Waals surface area (Å²) in [5.74, 6) is -0.793. The van der Waals surface area contributed by atoms with Crippen LogP contribution in [-0.2, 0) is 17.6 Å². The molecule has 0 saturated carbocycles. The topological polar surface area (TPSA) is 55.8 Å². The minimum absolute atomic E-state index is 0.157. The fourth-order valence-corrected chi connectivity index (χ4v) is 4.66. The van der Waals surface area contributed by atoms with Gasteiger partial charge in [0.05, 0.1) is 5.92 Å². The highest BCUT2D eigenvalue weighted by Crippen LogP contribution is 2.37. The van der Waals surface area contributed by atoms with Crippen LogP contribution in [0.2, 0.25) is 0 Å². The number of hydrogen-bond acceptors (Lipinski definition) is 4. The van der Waals surface area contributed by atoms with Crippen LogP contribution in [0.15, 0.2) is 42.5 Å². The molecule has 2 N–H and O–H groups in total. The molecule has 2 heterocycles. The van der Waals surface area contributed by atoms with Crippen molar-refractivity contribution >= 4 is 23.0 Å². The van der Waals surface area contributed by atoms with Crippen LogP contribution in [0.4, 0.5) is 17.1 Å². The summed E-state index contributed by atoms with van der Waals surface area (Å²) in [5, 5.41) is 12.5. The Kier molecular flexibility index (Phi) is 6.05. The highest BCUT2D eigenvalue weighted by atomic mass is 16.4. The second-order valence-corrected chi connectivity index (χ2v) is 8.18. The van der Waals surface area contributed by atoms with Crippen molar-refractivity contribution in [3.8, 4) is 0 Å². The molecule has 1 fully saturated rings. The molecule has 1 saturated heterocycles. The third kappa shape index (κ3) is 4.40. The number of nitrogens with zero attached hydrogens (tertiary/aromatic N) is 2. The van der Waals surface area contributed by atoms with E-state index in [1.165, 1.54) is 22.5 Å². The Morgan fingerprint density at radius 2 is 1.76 bits per heavy atom. The lowest BCUT2D eigenvalue weighted by molar-refractivity contribution is -0.143. The molecule has 0 spiro atoms. The Balaban J connectivity index is 1.48. The van der Waals surface area contributed by atoms with Crippen molar-refractivity contribution in [2.24, 2.45) is 5.92 Å². The van der Waals surface area contributed by atoms with Gasteiger partial charge in [0.15, 0.2) is 0 Å². The Labute approximate surface area is 173 Å². The van der Waals surface area contributed by atoms with Crippen LogP contribution in [0.3, 0.4) is 0 Å². The molecule has 29 heavy (non-hydrogen) atoms. The van der Waals surface area contributed by atoms with E-state index in [1.54, 1.807) is 0 Å². The third-order valence-electron chi connectivity index (χ3n) is 6.40. The van der Waals surface area contributed by atoms with Gasteiger partial charge in [0.2, 0.25) is 0 Å². The van der Waals surface area contributed by atoms with Crippen molar-refractivity contribution in [1.29, 1.82) is 0 Å². The molecular formula is C24H31N3O2. The van der Waals surface area contributed by atoms with E-state index in [0.29, 0.717) is 0 Å². The molecule has 0 unspecified atom stereocenters. The first-order valence-corrected chi connectivity index (χ1v) is 10.8. The van der Waals surface area contributed by atoms with Gasteiger partial charge >= 0.3 is 5.97 Å². The first kappa shape index (κ1) is 19.8. The van der Waals surface area contributed by atoms with E-state index in [2.05, 4.69) is 57.6 Å². The average Bonchev–Trinajstić information content (AvgIpc) is 2.91. The van der Waals surface area contributed by atoms with Crippen LogP contribution in [0, 0.1) is 5.92 Å². The largest absolute Gasteiger partial charge is 0.481 e. The summed E-state index contributed by atoms with van der Waals surface area (Å²) in [5.41, 5.74) is 6.60. The Morgan fingerprint density at radius 3 is 2.48 bits per heavy atom. The van der Waals surface area contributed by atoms with Crippen molar-refractivity contribution in [2.45, 2.75) is 32.1 Å². The molecule has 0 atom stereocenters. The van der Waals surface area contributed by atoms with Crippen LogP contribution in [0.1, 0.15) is 30.4 Å². The number of anilines is 3. The summed E-state index contributed by atoms with van der Waals surface area (Å²) in [6.07, 6.45) is 4.75. The van der Waals surface area contributed by atoms with Gasteiger partial charge in [-0.25, -0.2) is 0 Å². The highest BCUT2D eigenvalue weighted by molar-refractivity contribution is 5.74. The number of piperidine rings is 1. The molecular weight excluding hydrogens is 362 g/mol. The Bertz CT molecular complexity index is 859. The van der Waals surface area contributed by atoms with E-state index in [0.717, 1.165) is 64.0 Å². The van der Waals surface area contributed by atoms with Gasteiger partial charge in [0, 0.05) is 30.7 Å². The normalized spacial score (nSPS) is 17.3. The molecule has 0 aliphatic carbocycles. The van der Waals surface area contributed by atoms with Gasteiger partial charge in [-0.2, -0.15) is 0 Å². The number of carboxylic acid groups (broad SMARTS) is 1. The number of fused-ring (bicyclic) bond motifs is 2. The average molecular weight is 394 g/mol. The minimum atomic E-state index is -0.636. The number of para-hydroxylation sites is 1. The van der Waals surface area contributed by atoms with Crippen LogP contribution >= 0.6 is 0 Å². The fourth-order valence-electron chi connectivity index (χ4n) is 4.66. The summed E-state index contributed by atoms with van der Waals surface area (Å²) >= 11 is 0. The molecule has 0 amide bonds. The number of nitrogens with one attached hydrogen (secondary N) is 1. The lowest BCUT2D eigenvalue weighted by Gasteiger charge is -2.32. The molecule has 2 aliphatic heterocycles. The van der Waals surface area contributed by atoms with Gasteiger partial charge < -0.3 is 20.2 Å². The van der Waals surface area contributed by atoms with Gasteiger partial charge in [-0.15, -0.1) is 0 Å². The summed E-state index contributed by atoms with van der Waals surface area (Å²) in [7, 11) is 1.97. The van der Waals surface area contributed by atoms with E-state index >= 15 is 0 Å². The zero-order valence-corrected chi connectivity index (χ0v) is 17.2. The van der Waals surface area contributed by atoms with Gasteiger partial charge in [-0.1, -0.05) is 24.3 Å². The number of rotatable bonds is 6. The minimum Gasteiger partial charge on any atom is -0.481 e. The number of likely N-dealkylation sites (tertiary alicyclic amines) is 1. The predicted molar refractivity (Wildman–Crippen MR) is 118 cm³/mol. The van der Waals surface area contributed by atoms with E-state index in [-0.39, 0.29) is 5.92 Å². The second-order valence-electron chi connectivity index (χ2n) is 8.18. The zero-order valence-electron chi connectivity index (χ0n) is 17.2. The van der Waals surface area contributed by atoms with Crippen LogP contribution in [0.5, 0.6) is 0 Å². The summed E-state index contributed by atoms with van der Waals surface area (Å²) in [6.45, 7) is 3.78. The molecule has 5 nitrogen and oxygen atoms in total. The first-order chi connectivity index (χ1) is 14.2. The monoisotopic (exact) mass is 393 g/mol. The number of carbonyl (C=O) groups is 1. The Hall–Kier alpha value is -2.53. The highest BCUT2D eigenvalue weighted by Gasteiger charge is 2.25. The fraction of sp³-hybridized carbons (Fsp3) is 0.458. The molecule has 4 rings (SSSR count). The maximum Gasteiger partial charge on any atom is 0.306 e. The summed E-state index contributed by atoms with van der Waals surface area (Å²) in [6, 6.07) is 15.5. The van der Waals surface area contributed by atoms with Gasteiger partial charge in [0.1, 0.15) is 0 Å². The molecule has 2 aliphatic rings. The van der Waals surface area contributed by atoms with Crippen molar-refractivity contribution in [1.82, 2.24) is 4.90 Å². The first-order valence-electron chi connectivity index (χ1n) is 10.8. The number of aryl methyl sites for hydroxylation is 2. The molecule has 154 valence electrons.